The molecule has 12 heavy (non-hydrogen) atoms. The number of Topliss-reactive ketones (excluding diaryl/α,β-unsaturated/α-hetero) is 1. The normalized spacial score (nSPS) is 11.8. The third-order valence-corrected chi connectivity index (χ3v) is 1.88. The van der Waals surface area contributed by atoms with Gasteiger partial charge in [0.25, 0.3) is 0 Å². The van der Waals surface area contributed by atoms with Gasteiger partial charge in [-0.1, -0.05) is 13.8 Å². The molecule has 0 aromatic rings. The van der Waals surface area contributed by atoms with E-state index in [1.165, 1.54) is 0 Å². The fourth-order valence-electron chi connectivity index (χ4n) is 0.750. The Morgan fingerprint density at radius 2 is 1.92 bits per heavy atom. The number of carbonyl (C=O) groups is 1. The minimum atomic E-state index is -0.772. The van der Waals surface area contributed by atoms with Crippen molar-refractivity contribution in [2.75, 3.05) is 0 Å². The number of rotatable bonds is 4. The average molecular weight is 164 g/mol. The van der Waals surface area contributed by atoms with Crippen LogP contribution in [0.25, 0.3) is 0 Å². The van der Waals surface area contributed by atoms with Gasteiger partial charge in [0, 0.05) is 12.3 Å². The number of nitrogens with zero attached hydrogens (tertiary/aromatic N) is 2. The maximum Gasteiger partial charge on any atom is 0.140 e. The molecule has 0 fully saturated rings. The summed E-state index contributed by atoms with van der Waals surface area (Å²) in [6.07, 6.45) is 0.838. The standard InChI is InChI=1S/C9H12N2O/c1-3-7(2)9(12)4-8(5-10)6-11/h7-8H,3-4H2,1-2H3. The van der Waals surface area contributed by atoms with Crippen molar-refractivity contribution in [2.45, 2.75) is 26.7 Å². The summed E-state index contributed by atoms with van der Waals surface area (Å²) in [6.45, 7) is 3.73. The molecule has 0 aromatic heterocycles. The monoisotopic (exact) mass is 164 g/mol. The topological polar surface area (TPSA) is 64.7 Å². The molecule has 3 heteroatoms. The highest BCUT2D eigenvalue weighted by atomic mass is 16.1. The third-order valence-electron chi connectivity index (χ3n) is 1.88. The average Bonchev–Trinajstić information content (AvgIpc) is 2.12. The quantitative estimate of drug-likeness (QED) is 0.634. The summed E-state index contributed by atoms with van der Waals surface area (Å²) in [5.74, 6) is -0.800. The lowest BCUT2D eigenvalue weighted by Gasteiger charge is -2.05. The zero-order chi connectivity index (χ0) is 9.56. The van der Waals surface area contributed by atoms with Crippen molar-refractivity contribution in [3.05, 3.63) is 0 Å². The van der Waals surface area contributed by atoms with E-state index < -0.39 is 5.92 Å². The Morgan fingerprint density at radius 1 is 1.42 bits per heavy atom. The van der Waals surface area contributed by atoms with Crippen LogP contribution in [0, 0.1) is 34.5 Å². The first-order chi connectivity index (χ1) is 5.65. The Morgan fingerprint density at radius 3 is 2.25 bits per heavy atom. The van der Waals surface area contributed by atoms with Gasteiger partial charge in [-0.05, 0) is 6.42 Å². The Balaban J connectivity index is 4.03. The molecule has 0 saturated heterocycles. The molecule has 0 N–H and O–H groups in total. The summed E-state index contributed by atoms with van der Waals surface area (Å²) < 4.78 is 0. The van der Waals surface area contributed by atoms with Crippen LogP contribution in [0.2, 0.25) is 0 Å². The summed E-state index contributed by atoms with van der Waals surface area (Å²) in [6, 6.07) is 3.56. The second-order valence-corrected chi connectivity index (χ2v) is 2.79. The van der Waals surface area contributed by atoms with Crippen molar-refractivity contribution in [3.63, 3.8) is 0 Å². The van der Waals surface area contributed by atoms with Gasteiger partial charge in [0.2, 0.25) is 0 Å². The van der Waals surface area contributed by atoms with E-state index in [4.69, 9.17) is 10.5 Å². The van der Waals surface area contributed by atoms with Crippen LogP contribution in [0.5, 0.6) is 0 Å². The molecule has 0 amide bonds. The molecular formula is C9H12N2O. The van der Waals surface area contributed by atoms with Crippen molar-refractivity contribution in [1.82, 2.24) is 0 Å². The SMILES string of the molecule is CCC(C)C(=O)CC(C#N)C#N. The maximum atomic E-state index is 11.2. The molecule has 0 aromatic carbocycles. The van der Waals surface area contributed by atoms with Crippen LogP contribution in [0.4, 0.5) is 0 Å². The third kappa shape index (κ3) is 3.16. The fourth-order valence-corrected chi connectivity index (χ4v) is 0.750. The van der Waals surface area contributed by atoms with E-state index >= 15 is 0 Å². The van der Waals surface area contributed by atoms with E-state index in [9.17, 15) is 4.79 Å². The molecule has 3 nitrogen and oxygen atoms in total. The minimum Gasteiger partial charge on any atom is -0.299 e. The highest BCUT2D eigenvalue weighted by Crippen LogP contribution is 2.10. The van der Waals surface area contributed by atoms with Gasteiger partial charge in [0.15, 0.2) is 0 Å². The lowest BCUT2D eigenvalue weighted by Crippen LogP contribution is -2.13. The second kappa shape index (κ2) is 5.32. The van der Waals surface area contributed by atoms with E-state index in [1.54, 1.807) is 12.1 Å². The first kappa shape index (κ1) is 10.7. The van der Waals surface area contributed by atoms with Crippen molar-refractivity contribution in [3.8, 4) is 12.1 Å². The Bertz CT molecular complexity index is 220. The van der Waals surface area contributed by atoms with Gasteiger partial charge in [0.1, 0.15) is 11.7 Å². The van der Waals surface area contributed by atoms with Crippen molar-refractivity contribution < 1.29 is 4.79 Å². The zero-order valence-corrected chi connectivity index (χ0v) is 7.37. The Hall–Kier alpha value is -1.35. The fraction of sp³-hybridized carbons (Fsp3) is 0.667. The van der Waals surface area contributed by atoms with Crippen molar-refractivity contribution in [2.24, 2.45) is 11.8 Å². The summed E-state index contributed by atoms with van der Waals surface area (Å²) in [5, 5.41) is 16.8. The number of ketones is 1. The van der Waals surface area contributed by atoms with Crippen LogP contribution in [0.3, 0.4) is 0 Å². The van der Waals surface area contributed by atoms with Crippen molar-refractivity contribution in [1.29, 1.82) is 10.5 Å². The molecular weight excluding hydrogens is 152 g/mol. The van der Waals surface area contributed by atoms with E-state index in [0.29, 0.717) is 0 Å². The zero-order valence-electron chi connectivity index (χ0n) is 7.37. The van der Waals surface area contributed by atoms with E-state index in [1.807, 2.05) is 13.8 Å². The van der Waals surface area contributed by atoms with Crippen LogP contribution in [-0.2, 0) is 4.79 Å². The van der Waals surface area contributed by atoms with Crippen LogP contribution >= 0.6 is 0 Å². The Labute approximate surface area is 72.6 Å². The highest BCUT2D eigenvalue weighted by molar-refractivity contribution is 5.81. The van der Waals surface area contributed by atoms with E-state index in [-0.39, 0.29) is 18.1 Å². The summed E-state index contributed by atoms with van der Waals surface area (Å²) in [4.78, 5) is 11.2. The van der Waals surface area contributed by atoms with Gasteiger partial charge in [-0.2, -0.15) is 10.5 Å². The summed E-state index contributed by atoms with van der Waals surface area (Å²) in [5.41, 5.74) is 0. The van der Waals surface area contributed by atoms with Gasteiger partial charge < -0.3 is 0 Å². The lowest BCUT2D eigenvalue weighted by atomic mass is 9.95. The largest absolute Gasteiger partial charge is 0.299 e. The molecule has 0 bridgehead atoms. The molecule has 0 heterocycles. The summed E-state index contributed by atoms with van der Waals surface area (Å²) >= 11 is 0. The minimum absolute atomic E-state index is 0.00519. The molecule has 0 aliphatic carbocycles. The molecule has 0 saturated carbocycles. The predicted molar refractivity (Wildman–Crippen MR) is 43.8 cm³/mol. The van der Waals surface area contributed by atoms with Gasteiger partial charge in [0.05, 0.1) is 12.1 Å². The number of carbonyl (C=O) groups excluding carboxylic acids is 1. The lowest BCUT2D eigenvalue weighted by molar-refractivity contribution is -0.122. The van der Waals surface area contributed by atoms with Crippen LogP contribution in [0.15, 0.2) is 0 Å². The van der Waals surface area contributed by atoms with Crippen LogP contribution in [-0.4, -0.2) is 5.78 Å². The molecule has 0 radical (unpaired) electrons. The van der Waals surface area contributed by atoms with Crippen LogP contribution in [0.1, 0.15) is 26.7 Å². The van der Waals surface area contributed by atoms with Gasteiger partial charge in [-0.25, -0.2) is 0 Å². The Kier molecular flexibility index (Phi) is 4.72. The molecule has 0 spiro atoms. The predicted octanol–water partition coefficient (Wildman–Crippen LogP) is 1.66. The van der Waals surface area contributed by atoms with Gasteiger partial charge in [-0.15, -0.1) is 0 Å². The molecule has 0 aliphatic rings. The first-order valence-electron chi connectivity index (χ1n) is 3.97. The van der Waals surface area contributed by atoms with Crippen LogP contribution < -0.4 is 0 Å². The maximum absolute atomic E-state index is 11.2. The molecule has 1 unspecified atom stereocenters. The number of hydrogen-bond donors (Lipinski definition) is 0. The molecule has 64 valence electrons. The van der Waals surface area contributed by atoms with E-state index in [2.05, 4.69) is 0 Å². The van der Waals surface area contributed by atoms with E-state index in [0.717, 1.165) is 6.42 Å². The molecule has 0 rings (SSSR count). The molecule has 1 atom stereocenters. The molecule has 0 aliphatic heterocycles. The highest BCUT2D eigenvalue weighted by Gasteiger charge is 2.16. The van der Waals surface area contributed by atoms with Gasteiger partial charge >= 0.3 is 0 Å². The number of nitriles is 2. The summed E-state index contributed by atoms with van der Waals surface area (Å²) in [7, 11) is 0. The smallest absolute Gasteiger partial charge is 0.140 e. The second-order valence-electron chi connectivity index (χ2n) is 2.79. The first-order valence-corrected chi connectivity index (χ1v) is 3.97. The number of hydrogen-bond acceptors (Lipinski definition) is 3. The van der Waals surface area contributed by atoms with Crippen molar-refractivity contribution >= 4 is 5.78 Å². The van der Waals surface area contributed by atoms with Gasteiger partial charge in [-0.3, -0.25) is 4.79 Å².